The van der Waals surface area contributed by atoms with Crippen LogP contribution < -0.4 is 9.47 Å². The molecule has 7 heteroatoms. The highest BCUT2D eigenvalue weighted by molar-refractivity contribution is 6.30. The zero-order chi connectivity index (χ0) is 20.7. The van der Waals surface area contributed by atoms with Crippen LogP contribution >= 0.6 is 11.6 Å². The van der Waals surface area contributed by atoms with Gasteiger partial charge in [-0.15, -0.1) is 0 Å². The lowest BCUT2D eigenvalue weighted by Gasteiger charge is -2.16. The number of hydrogen-bond donors (Lipinski definition) is 0. The maximum absolute atomic E-state index is 13.4. The Morgan fingerprint density at radius 1 is 1.25 bits per heavy atom. The van der Waals surface area contributed by atoms with Gasteiger partial charge in [0.1, 0.15) is 30.2 Å². The molecule has 0 atom stereocenters. The Labute approximate surface area is 167 Å². The van der Waals surface area contributed by atoms with Crippen molar-refractivity contribution in [2.45, 2.75) is 45.1 Å². The van der Waals surface area contributed by atoms with Gasteiger partial charge in [-0.1, -0.05) is 30.7 Å². The monoisotopic (exact) mass is 414 g/mol. The first-order valence-corrected chi connectivity index (χ1v) is 9.29. The summed E-state index contributed by atoms with van der Waals surface area (Å²) in [6.07, 6.45) is 0.836. The molecule has 152 valence electrons. The smallest absolute Gasteiger partial charge is 0.267 e. The zero-order valence-corrected chi connectivity index (χ0v) is 16.4. The van der Waals surface area contributed by atoms with E-state index in [1.807, 2.05) is 19.1 Å². The first-order valence-electron chi connectivity index (χ1n) is 8.92. The number of carbonyl (C=O) groups is 1. The standard InChI is InChI=1S/C18H16ClF3O2.C3H6O/c1-23-16-4-2-3-11(10-5-6-10)13(16)9-24-17-8-14(19)15(20)7-12(17)18(21)22;1-2-3-4/h2-4,7-8,10,18H,5-6,9H2,1H3;3H,2H2,1H3. The molecule has 0 radical (unpaired) electrons. The molecule has 0 spiro atoms. The van der Waals surface area contributed by atoms with Crippen LogP contribution in [-0.4, -0.2) is 13.4 Å². The molecule has 1 aliphatic rings. The van der Waals surface area contributed by atoms with E-state index in [9.17, 15) is 18.0 Å². The Hall–Kier alpha value is -2.21. The summed E-state index contributed by atoms with van der Waals surface area (Å²) >= 11 is 5.70. The van der Waals surface area contributed by atoms with Crippen molar-refractivity contribution >= 4 is 17.9 Å². The first kappa shape index (κ1) is 22.1. The summed E-state index contributed by atoms with van der Waals surface area (Å²) in [4.78, 5) is 9.17. The van der Waals surface area contributed by atoms with Gasteiger partial charge in [0.2, 0.25) is 0 Å². The fourth-order valence-electron chi connectivity index (χ4n) is 2.69. The van der Waals surface area contributed by atoms with Gasteiger partial charge in [-0.3, -0.25) is 0 Å². The van der Waals surface area contributed by atoms with E-state index in [2.05, 4.69) is 0 Å². The second kappa shape index (κ2) is 10.4. The third kappa shape index (κ3) is 5.64. The van der Waals surface area contributed by atoms with Crippen molar-refractivity contribution in [3.8, 4) is 11.5 Å². The summed E-state index contributed by atoms with van der Waals surface area (Å²) in [5.74, 6) is 0.0793. The van der Waals surface area contributed by atoms with Crippen molar-refractivity contribution in [1.82, 2.24) is 0 Å². The quantitative estimate of drug-likeness (QED) is 0.486. The van der Waals surface area contributed by atoms with Crippen LogP contribution in [0.5, 0.6) is 11.5 Å². The highest BCUT2D eigenvalue weighted by atomic mass is 35.5. The van der Waals surface area contributed by atoms with E-state index in [0.717, 1.165) is 36.3 Å². The van der Waals surface area contributed by atoms with Gasteiger partial charge < -0.3 is 14.3 Å². The lowest BCUT2D eigenvalue weighted by atomic mass is 10.0. The van der Waals surface area contributed by atoms with Crippen molar-refractivity contribution in [3.63, 3.8) is 0 Å². The van der Waals surface area contributed by atoms with E-state index in [1.165, 1.54) is 0 Å². The van der Waals surface area contributed by atoms with Gasteiger partial charge in [-0.2, -0.15) is 0 Å². The summed E-state index contributed by atoms with van der Waals surface area (Å²) in [5.41, 5.74) is 1.41. The fourth-order valence-corrected chi connectivity index (χ4v) is 2.85. The SMILES string of the molecule is CCC=O.COc1cccc(C2CC2)c1COc1cc(Cl)c(F)cc1C(F)F. The van der Waals surface area contributed by atoms with Crippen LogP contribution in [0.1, 0.15) is 55.2 Å². The number of halogens is 4. The number of methoxy groups -OCH3 is 1. The molecule has 2 aromatic carbocycles. The van der Waals surface area contributed by atoms with Crippen molar-refractivity contribution in [2.75, 3.05) is 7.11 Å². The minimum atomic E-state index is -2.85. The summed E-state index contributed by atoms with van der Waals surface area (Å²) < 4.78 is 50.6. The Morgan fingerprint density at radius 3 is 2.46 bits per heavy atom. The van der Waals surface area contributed by atoms with Crippen molar-refractivity contribution < 1.29 is 27.4 Å². The van der Waals surface area contributed by atoms with Crippen LogP contribution in [-0.2, 0) is 11.4 Å². The van der Waals surface area contributed by atoms with E-state index >= 15 is 0 Å². The zero-order valence-electron chi connectivity index (χ0n) is 15.7. The van der Waals surface area contributed by atoms with Crippen molar-refractivity contribution in [2.24, 2.45) is 0 Å². The molecule has 3 nitrogen and oxygen atoms in total. The Balaban J connectivity index is 0.000000640. The van der Waals surface area contributed by atoms with Crippen molar-refractivity contribution in [3.05, 3.63) is 57.9 Å². The maximum atomic E-state index is 13.4. The number of carbonyl (C=O) groups excluding carboxylic acids is 1. The van der Waals surface area contributed by atoms with E-state index in [0.29, 0.717) is 24.2 Å². The molecule has 0 aliphatic heterocycles. The van der Waals surface area contributed by atoms with Gasteiger partial charge in [0.15, 0.2) is 0 Å². The number of rotatable bonds is 7. The van der Waals surface area contributed by atoms with Crippen LogP contribution in [0.2, 0.25) is 5.02 Å². The van der Waals surface area contributed by atoms with Gasteiger partial charge in [0, 0.05) is 18.1 Å². The minimum Gasteiger partial charge on any atom is -0.496 e. The molecule has 0 N–H and O–H groups in total. The number of alkyl halides is 2. The van der Waals surface area contributed by atoms with Crippen LogP contribution in [0, 0.1) is 5.82 Å². The summed E-state index contributed by atoms with van der Waals surface area (Å²) in [6, 6.07) is 7.49. The summed E-state index contributed by atoms with van der Waals surface area (Å²) in [6.45, 7) is 1.87. The number of aldehydes is 1. The first-order chi connectivity index (χ1) is 13.4. The number of ether oxygens (including phenoxy) is 2. The topological polar surface area (TPSA) is 35.5 Å². The van der Waals surface area contributed by atoms with Crippen LogP contribution in [0.4, 0.5) is 13.2 Å². The molecule has 3 rings (SSSR count). The number of benzene rings is 2. The minimum absolute atomic E-state index is 0.0531. The molecule has 0 unspecified atom stereocenters. The van der Waals surface area contributed by atoms with Crippen LogP contribution in [0.15, 0.2) is 30.3 Å². The van der Waals surface area contributed by atoms with Gasteiger partial charge in [-0.05, 0) is 36.5 Å². The molecule has 28 heavy (non-hydrogen) atoms. The molecule has 0 saturated heterocycles. The lowest BCUT2D eigenvalue weighted by Crippen LogP contribution is -2.05. The van der Waals surface area contributed by atoms with Gasteiger partial charge in [-0.25, -0.2) is 13.2 Å². The Morgan fingerprint density at radius 2 is 1.93 bits per heavy atom. The molecule has 0 amide bonds. The third-order valence-electron chi connectivity index (χ3n) is 4.23. The van der Waals surface area contributed by atoms with E-state index in [4.69, 9.17) is 21.1 Å². The molecular formula is C21H22ClF3O3. The maximum Gasteiger partial charge on any atom is 0.267 e. The fraction of sp³-hybridized carbons (Fsp3) is 0.381. The Kier molecular flexibility index (Phi) is 8.18. The molecule has 2 aromatic rings. The normalized spacial score (nSPS) is 13.0. The molecule has 1 fully saturated rings. The molecule has 1 saturated carbocycles. The molecular weight excluding hydrogens is 393 g/mol. The van der Waals surface area contributed by atoms with E-state index < -0.39 is 17.8 Å². The van der Waals surface area contributed by atoms with Crippen LogP contribution in [0.25, 0.3) is 0 Å². The summed E-state index contributed by atoms with van der Waals surface area (Å²) in [7, 11) is 1.55. The van der Waals surface area contributed by atoms with E-state index in [-0.39, 0.29) is 17.4 Å². The third-order valence-corrected chi connectivity index (χ3v) is 4.52. The average molecular weight is 415 g/mol. The predicted octanol–water partition coefficient (Wildman–Crippen LogP) is 6.48. The molecule has 0 bridgehead atoms. The highest BCUT2D eigenvalue weighted by Crippen LogP contribution is 2.44. The van der Waals surface area contributed by atoms with E-state index in [1.54, 1.807) is 13.2 Å². The molecule has 1 aliphatic carbocycles. The van der Waals surface area contributed by atoms with Gasteiger partial charge in [0.25, 0.3) is 6.43 Å². The second-order valence-corrected chi connectivity index (χ2v) is 6.68. The largest absolute Gasteiger partial charge is 0.496 e. The summed E-state index contributed by atoms with van der Waals surface area (Å²) in [5, 5.41) is -0.253. The van der Waals surface area contributed by atoms with Gasteiger partial charge in [0.05, 0.1) is 17.7 Å². The lowest BCUT2D eigenvalue weighted by molar-refractivity contribution is -0.107. The average Bonchev–Trinajstić information content (AvgIpc) is 3.53. The van der Waals surface area contributed by atoms with Gasteiger partial charge >= 0.3 is 0 Å². The predicted molar refractivity (Wildman–Crippen MR) is 102 cm³/mol. The highest BCUT2D eigenvalue weighted by Gasteiger charge is 2.28. The molecule has 0 aromatic heterocycles. The second-order valence-electron chi connectivity index (χ2n) is 6.27. The van der Waals surface area contributed by atoms with Crippen LogP contribution in [0.3, 0.4) is 0 Å². The molecule has 0 heterocycles. The van der Waals surface area contributed by atoms with Crippen molar-refractivity contribution in [1.29, 1.82) is 0 Å². The Bertz CT molecular complexity index is 808. The number of hydrogen-bond acceptors (Lipinski definition) is 3.